The van der Waals surface area contributed by atoms with Gasteiger partial charge in [-0.3, -0.25) is 14.0 Å². The van der Waals surface area contributed by atoms with E-state index in [4.69, 9.17) is 9.47 Å². The van der Waals surface area contributed by atoms with E-state index in [0.717, 1.165) is 26.1 Å². The van der Waals surface area contributed by atoms with Crippen LogP contribution in [0.25, 0.3) is 0 Å². The van der Waals surface area contributed by atoms with Crippen LogP contribution >= 0.6 is 0 Å². The molecule has 0 spiro atoms. The Morgan fingerprint density at radius 2 is 1.63 bits per heavy atom. The van der Waals surface area contributed by atoms with Crippen molar-refractivity contribution in [3.05, 3.63) is 84.4 Å². The van der Waals surface area contributed by atoms with Crippen LogP contribution in [0.1, 0.15) is 18.9 Å². The van der Waals surface area contributed by atoms with E-state index in [1.807, 2.05) is 30.0 Å². The van der Waals surface area contributed by atoms with Crippen LogP contribution in [0.5, 0.6) is 11.5 Å². The van der Waals surface area contributed by atoms with Gasteiger partial charge in [0.2, 0.25) is 0 Å². The molecule has 38 heavy (non-hydrogen) atoms. The lowest BCUT2D eigenvalue weighted by Crippen LogP contribution is -2.44. The first-order valence-electron chi connectivity index (χ1n) is 12.7. The molecule has 1 unspecified atom stereocenters. The number of likely N-dealkylation sites (N-methyl/N-ethyl adjacent to an activating group) is 1. The SMILES string of the molecule is CCN(C(=O)COc1ccc(N(C)S(=O)(=O)c2ccc(OC)cc2)cc1)C1CCN(Cc2ccccc2)C1. The minimum Gasteiger partial charge on any atom is -0.497 e. The minimum absolute atomic E-state index is 0.0534. The molecule has 8 nitrogen and oxygen atoms in total. The largest absolute Gasteiger partial charge is 0.497 e. The van der Waals surface area contributed by atoms with Gasteiger partial charge in [-0.2, -0.15) is 0 Å². The van der Waals surface area contributed by atoms with Gasteiger partial charge in [0.15, 0.2) is 6.61 Å². The first kappa shape index (κ1) is 27.5. The summed E-state index contributed by atoms with van der Waals surface area (Å²) >= 11 is 0. The zero-order valence-corrected chi connectivity index (χ0v) is 22.9. The molecule has 3 aromatic carbocycles. The van der Waals surface area contributed by atoms with Crippen LogP contribution in [0, 0.1) is 0 Å². The van der Waals surface area contributed by atoms with Crippen LogP contribution in [0.15, 0.2) is 83.8 Å². The number of carbonyl (C=O) groups excluding carboxylic acids is 1. The fraction of sp³-hybridized carbons (Fsp3) is 0.345. The van der Waals surface area contributed by atoms with Crippen LogP contribution in [0.2, 0.25) is 0 Å². The van der Waals surface area contributed by atoms with Crippen molar-refractivity contribution in [1.29, 1.82) is 0 Å². The average molecular weight is 538 g/mol. The molecule has 0 N–H and O–H groups in total. The minimum atomic E-state index is -3.73. The smallest absolute Gasteiger partial charge is 0.264 e. The average Bonchev–Trinajstić information content (AvgIpc) is 3.40. The number of amides is 1. The first-order valence-corrected chi connectivity index (χ1v) is 14.2. The zero-order valence-electron chi connectivity index (χ0n) is 22.1. The molecule has 4 rings (SSSR count). The van der Waals surface area contributed by atoms with E-state index in [0.29, 0.717) is 23.7 Å². The summed E-state index contributed by atoms with van der Waals surface area (Å²) in [5.74, 6) is 1.04. The highest BCUT2D eigenvalue weighted by Crippen LogP contribution is 2.26. The van der Waals surface area contributed by atoms with Gasteiger partial charge in [-0.05, 0) is 67.4 Å². The lowest BCUT2D eigenvalue weighted by atomic mass is 10.2. The third-order valence-electron chi connectivity index (χ3n) is 6.88. The van der Waals surface area contributed by atoms with E-state index in [1.165, 1.54) is 36.2 Å². The standard InChI is InChI=1S/C29H35N3O5S/c1-4-32(25-18-19-31(21-25)20-23-8-6-5-7-9-23)29(33)22-37-27-12-10-24(11-13-27)30(2)38(34,35)28-16-14-26(36-3)15-17-28/h5-17,25H,4,18-22H2,1-3H3. The number of nitrogens with zero attached hydrogens (tertiary/aromatic N) is 3. The van der Waals surface area contributed by atoms with E-state index >= 15 is 0 Å². The van der Waals surface area contributed by atoms with E-state index in [1.54, 1.807) is 36.4 Å². The van der Waals surface area contributed by atoms with Crippen molar-refractivity contribution < 1.29 is 22.7 Å². The summed E-state index contributed by atoms with van der Waals surface area (Å²) in [5, 5.41) is 0. The van der Waals surface area contributed by atoms with Gasteiger partial charge in [0.25, 0.3) is 15.9 Å². The lowest BCUT2D eigenvalue weighted by molar-refractivity contribution is -0.135. The highest BCUT2D eigenvalue weighted by Gasteiger charge is 2.30. The number of ether oxygens (including phenoxy) is 2. The second-order valence-corrected chi connectivity index (χ2v) is 11.2. The number of methoxy groups -OCH3 is 1. The highest BCUT2D eigenvalue weighted by atomic mass is 32.2. The lowest BCUT2D eigenvalue weighted by Gasteiger charge is -2.28. The molecule has 0 aromatic heterocycles. The van der Waals surface area contributed by atoms with Crippen molar-refractivity contribution in [3.8, 4) is 11.5 Å². The van der Waals surface area contributed by atoms with Crippen molar-refractivity contribution in [2.24, 2.45) is 0 Å². The van der Waals surface area contributed by atoms with Crippen molar-refractivity contribution in [1.82, 2.24) is 9.80 Å². The Bertz CT molecular complexity index is 1300. The number of carbonyl (C=O) groups is 1. The van der Waals surface area contributed by atoms with E-state index in [9.17, 15) is 13.2 Å². The normalized spacial score (nSPS) is 15.7. The summed E-state index contributed by atoms with van der Waals surface area (Å²) < 4.78 is 38.1. The number of likely N-dealkylation sites (tertiary alicyclic amines) is 1. The summed E-state index contributed by atoms with van der Waals surface area (Å²) in [6.07, 6.45) is 0.941. The Balaban J connectivity index is 1.31. The van der Waals surface area contributed by atoms with Gasteiger partial charge in [0.05, 0.1) is 17.7 Å². The Kier molecular flexibility index (Phi) is 8.91. The molecule has 1 aliphatic rings. The Morgan fingerprint density at radius 3 is 2.26 bits per heavy atom. The van der Waals surface area contributed by atoms with Crippen molar-refractivity contribution >= 4 is 21.6 Å². The predicted octanol–water partition coefficient (Wildman–Crippen LogP) is 4.02. The second kappa shape index (κ2) is 12.3. The zero-order chi connectivity index (χ0) is 27.1. The molecule has 3 aromatic rings. The number of benzene rings is 3. The molecule has 1 aliphatic heterocycles. The van der Waals surface area contributed by atoms with Crippen LogP contribution in [-0.2, 0) is 21.4 Å². The van der Waals surface area contributed by atoms with Crippen LogP contribution in [0.3, 0.4) is 0 Å². The maximum absolute atomic E-state index is 13.0. The maximum atomic E-state index is 13.0. The third kappa shape index (κ3) is 6.46. The topological polar surface area (TPSA) is 79.4 Å². The van der Waals surface area contributed by atoms with E-state index < -0.39 is 10.0 Å². The molecule has 1 fully saturated rings. The number of anilines is 1. The molecule has 1 amide bonds. The third-order valence-corrected chi connectivity index (χ3v) is 8.68. The van der Waals surface area contributed by atoms with Gasteiger partial charge < -0.3 is 14.4 Å². The van der Waals surface area contributed by atoms with Crippen molar-refractivity contribution in [3.63, 3.8) is 0 Å². The highest BCUT2D eigenvalue weighted by molar-refractivity contribution is 7.92. The molecule has 202 valence electrons. The number of hydrogen-bond acceptors (Lipinski definition) is 6. The molecule has 1 atom stereocenters. The number of sulfonamides is 1. The van der Waals surface area contributed by atoms with Gasteiger partial charge in [-0.15, -0.1) is 0 Å². The van der Waals surface area contributed by atoms with Gasteiger partial charge in [-0.25, -0.2) is 8.42 Å². The molecule has 9 heteroatoms. The molecule has 1 heterocycles. The molecular weight excluding hydrogens is 502 g/mol. The monoisotopic (exact) mass is 537 g/mol. The van der Waals surface area contributed by atoms with Crippen molar-refractivity contribution in [2.75, 3.05) is 44.7 Å². The molecule has 1 saturated heterocycles. The second-order valence-electron chi connectivity index (χ2n) is 9.27. The van der Waals surface area contributed by atoms with E-state index in [2.05, 4.69) is 17.0 Å². The maximum Gasteiger partial charge on any atom is 0.264 e. The molecular formula is C29H35N3O5S. The molecule has 0 saturated carbocycles. The Hall–Kier alpha value is -3.56. The Labute approximate surface area is 225 Å². The van der Waals surface area contributed by atoms with Crippen LogP contribution in [0.4, 0.5) is 5.69 Å². The van der Waals surface area contributed by atoms with Gasteiger partial charge in [-0.1, -0.05) is 30.3 Å². The van der Waals surface area contributed by atoms with E-state index in [-0.39, 0.29) is 23.5 Å². The molecule has 0 aliphatic carbocycles. The summed E-state index contributed by atoms with van der Waals surface area (Å²) in [7, 11) is -0.702. The summed E-state index contributed by atoms with van der Waals surface area (Å²) in [4.78, 5) is 17.4. The summed E-state index contributed by atoms with van der Waals surface area (Å²) in [6, 6.07) is 23.5. The van der Waals surface area contributed by atoms with Gasteiger partial charge in [0, 0.05) is 39.3 Å². The van der Waals surface area contributed by atoms with Crippen LogP contribution < -0.4 is 13.8 Å². The van der Waals surface area contributed by atoms with Crippen LogP contribution in [-0.4, -0.2) is 70.6 Å². The number of rotatable bonds is 11. The van der Waals surface area contributed by atoms with Crippen molar-refractivity contribution in [2.45, 2.75) is 30.8 Å². The predicted molar refractivity (Wildman–Crippen MR) is 148 cm³/mol. The fourth-order valence-corrected chi connectivity index (χ4v) is 5.91. The summed E-state index contributed by atoms with van der Waals surface area (Å²) in [6.45, 7) is 5.23. The molecule has 0 bridgehead atoms. The number of hydrogen-bond donors (Lipinski definition) is 0. The van der Waals surface area contributed by atoms with Gasteiger partial charge >= 0.3 is 0 Å². The quantitative estimate of drug-likeness (QED) is 0.368. The summed E-state index contributed by atoms with van der Waals surface area (Å²) in [5.41, 5.74) is 1.76. The Morgan fingerprint density at radius 1 is 0.974 bits per heavy atom. The molecule has 0 radical (unpaired) electrons. The first-order chi connectivity index (χ1) is 18.3. The fourth-order valence-electron chi connectivity index (χ4n) is 4.71. The van der Waals surface area contributed by atoms with Gasteiger partial charge in [0.1, 0.15) is 11.5 Å².